The maximum atomic E-state index is 13.9. The van der Waals surface area contributed by atoms with Crippen LogP contribution in [0.5, 0.6) is 0 Å². The number of hydrogen-bond donors (Lipinski definition) is 1. The van der Waals surface area contributed by atoms with E-state index in [9.17, 15) is 18.4 Å². The molecule has 1 aliphatic rings. The molecule has 0 saturated carbocycles. The van der Waals surface area contributed by atoms with Crippen molar-refractivity contribution in [2.75, 3.05) is 23.3 Å². The summed E-state index contributed by atoms with van der Waals surface area (Å²) in [5, 5.41) is 3.12. The smallest absolute Gasteiger partial charge is 0.322 e. The van der Waals surface area contributed by atoms with Gasteiger partial charge in [0.1, 0.15) is 17.2 Å². The number of halogens is 3. The summed E-state index contributed by atoms with van der Waals surface area (Å²) in [6.45, 7) is 1.56. The first-order valence-electron chi connectivity index (χ1n) is 10.1. The SMILES string of the molecule is O=C(Nc1cccc(N2CCCN(Cc3cccc(Cl)c3)C2=O)c1)c1c(F)cccc1F. The number of benzene rings is 3. The van der Waals surface area contributed by atoms with Gasteiger partial charge in [0, 0.05) is 36.0 Å². The van der Waals surface area contributed by atoms with Crippen molar-refractivity contribution in [2.24, 2.45) is 0 Å². The lowest BCUT2D eigenvalue weighted by atomic mass is 10.1. The van der Waals surface area contributed by atoms with Gasteiger partial charge in [0.2, 0.25) is 0 Å². The number of nitrogens with zero attached hydrogens (tertiary/aromatic N) is 2. The van der Waals surface area contributed by atoms with E-state index < -0.39 is 23.1 Å². The van der Waals surface area contributed by atoms with Gasteiger partial charge in [-0.15, -0.1) is 0 Å². The van der Waals surface area contributed by atoms with Gasteiger partial charge in [-0.3, -0.25) is 9.69 Å². The summed E-state index contributed by atoms with van der Waals surface area (Å²) in [4.78, 5) is 28.8. The number of amides is 3. The van der Waals surface area contributed by atoms with E-state index in [4.69, 9.17) is 11.6 Å². The number of carbonyl (C=O) groups is 2. The molecule has 3 aromatic rings. The zero-order valence-corrected chi connectivity index (χ0v) is 17.8. The number of anilines is 2. The Morgan fingerprint density at radius 3 is 2.44 bits per heavy atom. The minimum atomic E-state index is -0.943. The molecular weight excluding hydrogens is 436 g/mol. The van der Waals surface area contributed by atoms with Crippen molar-refractivity contribution < 1.29 is 18.4 Å². The summed E-state index contributed by atoms with van der Waals surface area (Å²) in [6.07, 6.45) is 0.767. The topological polar surface area (TPSA) is 52.7 Å². The summed E-state index contributed by atoms with van der Waals surface area (Å²) in [7, 11) is 0. The maximum absolute atomic E-state index is 13.9. The van der Waals surface area contributed by atoms with E-state index in [0.717, 1.165) is 24.1 Å². The van der Waals surface area contributed by atoms with Crippen LogP contribution >= 0.6 is 11.6 Å². The molecule has 0 spiro atoms. The molecule has 0 unspecified atom stereocenters. The van der Waals surface area contributed by atoms with Crippen LogP contribution in [0, 0.1) is 11.6 Å². The standard InChI is InChI=1S/C24H20ClF2N3O2/c25-17-6-1-5-16(13-17)15-29-11-4-12-30(24(29)32)19-8-2-7-18(14-19)28-23(31)22-20(26)9-3-10-21(22)27/h1-3,5-10,13-14H,4,11-12,15H2,(H,28,31). The first-order chi connectivity index (χ1) is 15.4. The zero-order chi connectivity index (χ0) is 22.7. The van der Waals surface area contributed by atoms with Gasteiger partial charge >= 0.3 is 6.03 Å². The largest absolute Gasteiger partial charge is 0.324 e. The minimum absolute atomic E-state index is 0.167. The first-order valence-corrected chi connectivity index (χ1v) is 10.5. The third-order valence-corrected chi connectivity index (χ3v) is 5.41. The molecule has 1 heterocycles. The third-order valence-electron chi connectivity index (χ3n) is 5.18. The molecule has 0 bridgehead atoms. The fourth-order valence-corrected chi connectivity index (χ4v) is 3.90. The Balaban J connectivity index is 1.51. The van der Waals surface area contributed by atoms with Gasteiger partial charge in [-0.05, 0) is 54.4 Å². The predicted molar refractivity (Wildman–Crippen MR) is 120 cm³/mol. The molecule has 0 radical (unpaired) electrons. The fraction of sp³-hybridized carbons (Fsp3) is 0.167. The summed E-state index contributed by atoms with van der Waals surface area (Å²) < 4.78 is 27.8. The fourth-order valence-electron chi connectivity index (χ4n) is 3.68. The minimum Gasteiger partial charge on any atom is -0.322 e. The summed E-state index contributed by atoms with van der Waals surface area (Å²) in [5.41, 5.74) is 1.19. The highest BCUT2D eigenvalue weighted by molar-refractivity contribution is 6.30. The number of nitrogens with one attached hydrogen (secondary N) is 1. The lowest BCUT2D eigenvalue weighted by Crippen LogP contribution is -2.49. The summed E-state index contributed by atoms with van der Waals surface area (Å²) in [6, 6.07) is 17.1. The van der Waals surface area contributed by atoms with Crippen molar-refractivity contribution in [3.8, 4) is 0 Å². The molecule has 1 fully saturated rings. The number of rotatable bonds is 5. The molecule has 5 nitrogen and oxygen atoms in total. The average molecular weight is 456 g/mol. The second-order valence-corrected chi connectivity index (χ2v) is 7.88. The van der Waals surface area contributed by atoms with Gasteiger partial charge < -0.3 is 10.2 Å². The maximum Gasteiger partial charge on any atom is 0.324 e. The second-order valence-electron chi connectivity index (χ2n) is 7.44. The highest BCUT2D eigenvalue weighted by Crippen LogP contribution is 2.25. The van der Waals surface area contributed by atoms with Crippen molar-refractivity contribution in [3.05, 3.63) is 94.5 Å². The summed E-state index contributed by atoms with van der Waals surface area (Å²) >= 11 is 6.05. The van der Waals surface area contributed by atoms with Crippen LogP contribution in [-0.4, -0.2) is 29.9 Å². The number of urea groups is 1. The molecule has 164 valence electrons. The van der Waals surface area contributed by atoms with Crippen molar-refractivity contribution in [1.29, 1.82) is 0 Å². The Morgan fingerprint density at radius 2 is 1.69 bits per heavy atom. The molecule has 8 heteroatoms. The highest BCUT2D eigenvalue weighted by Gasteiger charge is 2.27. The second kappa shape index (κ2) is 9.36. The van der Waals surface area contributed by atoms with E-state index in [1.807, 2.05) is 18.2 Å². The molecule has 32 heavy (non-hydrogen) atoms. The van der Waals surface area contributed by atoms with E-state index in [0.29, 0.717) is 36.0 Å². The van der Waals surface area contributed by atoms with Gasteiger partial charge in [0.25, 0.3) is 5.91 Å². The molecular formula is C24H20ClF2N3O2. The van der Waals surface area contributed by atoms with Crippen LogP contribution in [0.3, 0.4) is 0 Å². The molecule has 0 aromatic heterocycles. The zero-order valence-electron chi connectivity index (χ0n) is 17.0. The summed E-state index contributed by atoms with van der Waals surface area (Å²) in [5.74, 6) is -2.78. The quantitative estimate of drug-likeness (QED) is 0.536. The van der Waals surface area contributed by atoms with E-state index >= 15 is 0 Å². The Morgan fingerprint density at radius 1 is 0.969 bits per heavy atom. The Hall–Kier alpha value is -3.45. The van der Waals surface area contributed by atoms with Crippen molar-refractivity contribution in [3.63, 3.8) is 0 Å². The molecule has 0 atom stereocenters. The Bertz CT molecular complexity index is 1150. The van der Waals surface area contributed by atoms with Crippen LogP contribution in [0.4, 0.5) is 25.0 Å². The van der Waals surface area contributed by atoms with Crippen LogP contribution in [0.15, 0.2) is 66.7 Å². The van der Waals surface area contributed by atoms with Crippen molar-refractivity contribution in [1.82, 2.24) is 4.90 Å². The predicted octanol–water partition coefficient (Wildman–Crippen LogP) is 5.70. The first kappa shape index (κ1) is 21.8. The molecule has 1 aliphatic heterocycles. The van der Waals surface area contributed by atoms with Gasteiger partial charge in [0.15, 0.2) is 0 Å². The van der Waals surface area contributed by atoms with Gasteiger partial charge in [-0.2, -0.15) is 0 Å². The Kier molecular flexibility index (Phi) is 6.37. The Labute approximate surface area is 189 Å². The molecule has 0 aliphatic carbocycles. The monoisotopic (exact) mass is 455 g/mol. The van der Waals surface area contributed by atoms with Crippen LogP contribution in [-0.2, 0) is 6.54 Å². The van der Waals surface area contributed by atoms with Gasteiger partial charge in [-0.1, -0.05) is 35.9 Å². The lowest BCUT2D eigenvalue weighted by molar-refractivity contribution is 0.101. The van der Waals surface area contributed by atoms with Crippen LogP contribution in [0.25, 0.3) is 0 Å². The molecule has 1 N–H and O–H groups in total. The van der Waals surface area contributed by atoms with E-state index in [2.05, 4.69) is 5.32 Å². The van der Waals surface area contributed by atoms with Crippen LogP contribution in [0.2, 0.25) is 5.02 Å². The lowest BCUT2D eigenvalue weighted by Gasteiger charge is -2.36. The number of carbonyl (C=O) groups excluding carboxylic acids is 2. The van der Waals surface area contributed by atoms with E-state index in [1.54, 1.807) is 40.1 Å². The number of hydrogen-bond acceptors (Lipinski definition) is 2. The molecule has 4 rings (SSSR count). The van der Waals surface area contributed by atoms with Gasteiger partial charge in [0.05, 0.1) is 0 Å². The van der Waals surface area contributed by atoms with Gasteiger partial charge in [-0.25, -0.2) is 13.6 Å². The third kappa shape index (κ3) is 4.73. The highest BCUT2D eigenvalue weighted by atomic mass is 35.5. The van der Waals surface area contributed by atoms with Crippen LogP contribution < -0.4 is 10.2 Å². The van der Waals surface area contributed by atoms with Crippen molar-refractivity contribution >= 4 is 34.9 Å². The molecule has 1 saturated heterocycles. The van der Waals surface area contributed by atoms with E-state index in [1.165, 1.54) is 6.07 Å². The van der Waals surface area contributed by atoms with E-state index in [-0.39, 0.29) is 6.03 Å². The average Bonchev–Trinajstić information content (AvgIpc) is 2.75. The molecule has 3 amide bonds. The van der Waals surface area contributed by atoms with Crippen LogP contribution in [0.1, 0.15) is 22.3 Å². The normalized spacial score (nSPS) is 13.9. The molecule has 3 aromatic carbocycles. The van der Waals surface area contributed by atoms with Crippen molar-refractivity contribution in [2.45, 2.75) is 13.0 Å².